The molecule has 0 amide bonds. The predicted molar refractivity (Wildman–Crippen MR) is 158 cm³/mol. The SMILES string of the molecule is CCCCc1cn(-c2c(C(C)(C)C)ccn2CCC)c(=O)n1Cc1ccc(-c2ccccc2-c2nnn[nH]2)cn1. The molecule has 0 aliphatic rings. The van der Waals surface area contributed by atoms with Gasteiger partial charge in [-0.1, -0.05) is 71.4 Å². The summed E-state index contributed by atoms with van der Waals surface area (Å²) in [6.45, 7) is 12.2. The van der Waals surface area contributed by atoms with Crippen molar-refractivity contribution in [3.05, 3.63) is 88.5 Å². The van der Waals surface area contributed by atoms with E-state index in [0.29, 0.717) is 12.4 Å². The molecule has 0 bridgehead atoms. The summed E-state index contributed by atoms with van der Waals surface area (Å²) >= 11 is 0. The van der Waals surface area contributed by atoms with Gasteiger partial charge in [-0.05, 0) is 52.8 Å². The van der Waals surface area contributed by atoms with Gasteiger partial charge in [0.05, 0.1) is 12.2 Å². The summed E-state index contributed by atoms with van der Waals surface area (Å²) in [6, 6.07) is 14.2. The van der Waals surface area contributed by atoms with Gasteiger partial charge in [-0.2, -0.15) is 0 Å². The van der Waals surface area contributed by atoms with E-state index >= 15 is 0 Å². The predicted octanol–water partition coefficient (Wildman–Crippen LogP) is 5.78. The zero-order chi connectivity index (χ0) is 28.3. The molecule has 40 heavy (non-hydrogen) atoms. The van der Waals surface area contributed by atoms with E-state index in [1.54, 1.807) is 0 Å². The third-order valence-electron chi connectivity index (χ3n) is 7.27. The van der Waals surface area contributed by atoms with Gasteiger partial charge in [-0.3, -0.25) is 14.1 Å². The van der Waals surface area contributed by atoms with Crippen LogP contribution in [0.25, 0.3) is 28.3 Å². The number of tetrazole rings is 1. The van der Waals surface area contributed by atoms with Gasteiger partial charge in [0.2, 0.25) is 0 Å². The number of hydrogen-bond donors (Lipinski definition) is 1. The second-order valence-electron chi connectivity index (χ2n) is 11.3. The highest BCUT2D eigenvalue weighted by Gasteiger charge is 2.25. The fourth-order valence-electron chi connectivity index (χ4n) is 5.20. The molecular weight excluding hydrogens is 500 g/mol. The van der Waals surface area contributed by atoms with Crippen molar-refractivity contribution >= 4 is 0 Å². The topological polar surface area (TPSA) is 99.2 Å². The number of H-pyrrole nitrogens is 1. The van der Waals surface area contributed by atoms with Gasteiger partial charge in [-0.25, -0.2) is 9.89 Å². The lowest BCUT2D eigenvalue weighted by molar-refractivity contribution is 0.572. The normalized spacial score (nSPS) is 11.8. The number of pyridine rings is 1. The molecule has 0 aliphatic carbocycles. The van der Waals surface area contributed by atoms with Crippen LogP contribution in [-0.2, 0) is 24.9 Å². The Morgan fingerprint density at radius 2 is 1.77 bits per heavy atom. The monoisotopic (exact) mass is 538 g/mol. The minimum Gasteiger partial charge on any atom is -0.334 e. The summed E-state index contributed by atoms with van der Waals surface area (Å²) < 4.78 is 5.96. The van der Waals surface area contributed by atoms with E-state index in [9.17, 15) is 4.79 Å². The van der Waals surface area contributed by atoms with E-state index < -0.39 is 0 Å². The Labute approximate surface area is 234 Å². The Bertz CT molecular complexity index is 1620. The lowest BCUT2D eigenvalue weighted by Crippen LogP contribution is -2.28. The van der Waals surface area contributed by atoms with Crippen molar-refractivity contribution in [3.63, 3.8) is 0 Å². The number of aromatic nitrogens is 8. The van der Waals surface area contributed by atoms with Crippen molar-refractivity contribution in [1.82, 2.24) is 39.3 Å². The number of hydrogen-bond acceptors (Lipinski definition) is 5. The number of rotatable bonds is 10. The number of aryl methyl sites for hydroxylation is 2. The summed E-state index contributed by atoms with van der Waals surface area (Å²) in [5.41, 5.74) is 5.77. The van der Waals surface area contributed by atoms with Crippen LogP contribution < -0.4 is 5.69 Å². The Morgan fingerprint density at radius 3 is 2.42 bits per heavy atom. The summed E-state index contributed by atoms with van der Waals surface area (Å²) in [7, 11) is 0. The number of aromatic amines is 1. The molecular formula is C31H38N8O. The van der Waals surface area contributed by atoms with Crippen molar-refractivity contribution in [3.8, 4) is 28.3 Å². The van der Waals surface area contributed by atoms with Gasteiger partial charge >= 0.3 is 5.69 Å². The van der Waals surface area contributed by atoms with E-state index in [1.165, 1.54) is 5.56 Å². The number of unbranched alkanes of at least 4 members (excludes halogenated alkanes) is 1. The van der Waals surface area contributed by atoms with E-state index in [2.05, 4.69) is 72.1 Å². The minimum atomic E-state index is -0.0884. The molecule has 0 atom stereocenters. The molecule has 208 valence electrons. The standard InChI is InChI=1S/C31H38N8O/c1-6-8-11-24-21-39(29-27(31(3,4)5)16-18-37(29)17-7-2)30(40)38(24)20-23-15-14-22(19-32-23)25-12-9-10-13-26(25)28-33-35-36-34-28/h9-10,12-16,18-19,21H,6-8,11,17,20H2,1-5H3,(H,33,34,35,36). The van der Waals surface area contributed by atoms with Crippen molar-refractivity contribution in [2.24, 2.45) is 0 Å². The fraction of sp³-hybridized carbons (Fsp3) is 0.387. The largest absolute Gasteiger partial charge is 0.334 e. The molecule has 0 fully saturated rings. The summed E-state index contributed by atoms with van der Waals surface area (Å²) in [4.78, 5) is 18.8. The number of benzene rings is 1. The van der Waals surface area contributed by atoms with Gasteiger partial charge in [0, 0.05) is 47.5 Å². The second kappa shape index (κ2) is 11.5. The Morgan fingerprint density at radius 1 is 0.975 bits per heavy atom. The summed E-state index contributed by atoms with van der Waals surface area (Å²) in [5, 5.41) is 14.3. The maximum atomic E-state index is 14.0. The van der Waals surface area contributed by atoms with Crippen molar-refractivity contribution in [2.45, 2.75) is 78.8 Å². The van der Waals surface area contributed by atoms with Gasteiger partial charge < -0.3 is 4.57 Å². The van der Waals surface area contributed by atoms with Crippen LogP contribution in [0.15, 0.2) is 65.8 Å². The van der Waals surface area contributed by atoms with Crippen LogP contribution >= 0.6 is 0 Å². The van der Waals surface area contributed by atoms with E-state index in [0.717, 1.165) is 66.1 Å². The molecule has 1 N–H and O–H groups in total. The smallest absolute Gasteiger partial charge is 0.334 e. The van der Waals surface area contributed by atoms with Crippen molar-refractivity contribution in [1.29, 1.82) is 0 Å². The molecule has 0 saturated heterocycles. The molecule has 1 aromatic carbocycles. The van der Waals surface area contributed by atoms with E-state index in [-0.39, 0.29) is 11.1 Å². The lowest BCUT2D eigenvalue weighted by atomic mass is 9.88. The lowest BCUT2D eigenvalue weighted by Gasteiger charge is -2.21. The first-order valence-corrected chi connectivity index (χ1v) is 14.1. The first-order valence-electron chi connectivity index (χ1n) is 14.1. The van der Waals surface area contributed by atoms with Crippen molar-refractivity contribution < 1.29 is 0 Å². The molecule has 0 saturated carbocycles. The molecule has 0 spiro atoms. The molecule has 5 rings (SSSR count). The maximum absolute atomic E-state index is 14.0. The molecule has 4 aromatic heterocycles. The number of nitrogens with one attached hydrogen (secondary N) is 1. The molecule has 9 nitrogen and oxygen atoms in total. The Balaban J connectivity index is 1.52. The van der Waals surface area contributed by atoms with Gasteiger partial charge in [0.1, 0.15) is 5.82 Å². The number of nitrogens with zero attached hydrogens (tertiary/aromatic N) is 7. The highest BCUT2D eigenvalue weighted by Crippen LogP contribution is 2.31. The van der Waals surface area contributed by atoms with E-state index in [1.807, 2.05) is 57.9 Å². The average molecular weight is 539 g/mol. The molecule has 0 unspecified atom stereocenters. The molecule has 0 aliphatic heterocycles. The minimum absolute atomic E-state index is 0.0262. The second-order valence-corrected chi connectivity index (χ2v) is 11.3. The third kappa shape index (κ3) is 5.41. The maximum Gasteiger partial charge on any atom is 0.334 e. The zero-order valence-electron chi connectivity index (χ0n) is 24.1. The van der Waals surface area contributed by atoms with Crippen LogP contribution in [0.3, 0.4) is 0 Å². The highest BCUT2D eigenvalue weighted by molar-refractivity contribution is 5.79. The molecule has 5 aromatic rings. The van der Waals surface area contributed by atoms with Crippen LogP contribution in [-0.4, -0.2) is 39.3 Å². The fourth-order valence-corrected chi connectivity index (χ4v) is 5.20. The Hall–Kier alpha value is -4.27. The third-order valence-corrected chi connectivity index (χ3v) is 7.27. The summed E-state index contributed by atoms with van der Waals surface area (Å²) in [6.07, 6.45) is 9.93. The molecule has 4 heterocycles. The quantitative estimate of drug-likeness (QED) is 0.243. The van der Waals surface area contributed by atoms with Crippen LogP contribution in [0.1, 0.15) is 70.8 Å². The first kappa shape index (κ1) is 27.3. The van der Waals surface area contributed by atoms with Crippen molar-refractivity contribution in [2.75, 3.05) is 0 Å². The number of imidazole rings is 1. The first-order chi connectivity index (χ1) is 19.3. The van der Waals surface area contributed by atoms with Crippen LogP contribution in [0, 0.1) is 0 Å². The van der Waals surface area contributed by atoms with E-state index in [4.69, 9.17) is 4.98 Å². The van der Waals surface area contributed by atoms with Crippen LogP contribution in [0.5, 0.6) is 0 Å². The Kier molecular flexibility index (Phi) is 7.82. The van der Waals surface area contributed by atoms with Crippen LogP contribution in [0.2, 0.25) is 0 Å². The zero-order valence-corrected chi connectivity index (χ0v) is 24.1. The molecule has 9 heteroatoms. The highest BCUT2D eigenvalue weighted by atomic mass is 16.1. The van der Waals surface area contributed by atoms with Gasteiger partial charge in [0.15, 0.2) is 5.82 Å². The summed E-state index contributed by atoms with van der Waals surface area (Å²) in [5.74, 6) is 1.58. The molecule has 0 radical (unpaired) electrons. The average Bonchev–Trinajstić information content (AvgIpc) is 3.69. The van der Waals surface area contributed by atoms with Crippen LogP contribution in [0.4, 0.5) is 0 Å². The van der Waals surface area contributed by atoms with Gasteiger partial charge in [-0.15, -0.1) is 5.10 Å². The van der Waals surface area contributed by atoms with Gasteiger partial charge in [0.25, 0.3) is 0 Å².